The molecule has 2 aliphatic rings. The van der Waals surface area contributed by atoms with E-state index in [2.05, 4.69) is 36.3 Å². The highest BCUT2D eigenvalue weighted by Crippen LogP contribution is 2.31. The van der Waals surface area contributed by atoms with Crippen molar-refractivity contribution in [3.05, 3.63) is 100 Å². The first kappa shape index (κ1) is 29.6. The number of piperidine rings is 1. The van der Waals surface area contributed by atoms with E-state index in [1.807, 2.05) is 91.5 Å². The van der Waals surface area contributed by atoms with Crippen LogP contribution in [-0.4, -0.2) is 68.7 Å². The van der Waals surface area contributed by atoms with Crippen molar-refractivity contribution < 1.29 is 9.59 Å². The Kier molecular flexibility index (Phi) is 7.44. The molecular formula is C33H30BrClN10O2. The molecule has 1 unspecified atom stereocenters. The largest absolute Gasteiger partial charge is 0.330 e. The smallest absolute Gasteiger partial charge is 0.270 e. The molecule has 1 fully saturated rings. The van der Waals surface area contributed by atoms with E-state index in [9.17, 15) is 9.59 Å². The van der Waals surface area contributed by atoms with E-state index < -0.39 is 6.04 Å². The number of aromatic nitrogens is 8. The van der Waals surface area contributed by atoms with E-state index in [0.29, 0.717) is 55.7 Å². The van der Waals surface area contributed by atoms with Crippen molar-refractivity contribution in [2.75, 3.05) is 18.0 Å². The maximum absolute atomic E-state index is 14.2. The van der Waals surface area contributed by atoms with Crippen LogP contribution in [0.5, 0.6) is 0 Å². The van der Waals surface area contributed by atoms with Gasteiger partial charge in [0.25, 0.3) is 11.8 Å². The molecule has 6 aromatic rings. The van der Waals surface area contributed by atoms with Crippen molar-refractivity contribution in [1.82, 2.24) is 43.8 Å². The SMILES string of the molecule is Cn1c(Cl)cnc1Cn1c(C(=O)N2CCn3ncc(-c4cn(C5CCCN(c6ccc(Br)cc6)C5=O)nn4)c3C2)cc2ccccc21. The topological polar surface area (TPSA) is 112 Å². The Balaban J connectivity index is 1.05. The second-order valence-corrected chi connectivity index (χ2v) is 13.2. The predicted octanol–water partition coefficient (Wildman–Crippen LogP) is 5.32. The third-order valence-corrected chi connectivity index (χ3v) is 10.0. The van der Waals surface area contributed by atoms with E-state index in [4.69, 9.17) is 11.6 Å². The van der Waals surface area contributed by atoms with Gasteiger partial charge in [-0.25, -0.2) is 9.67 Å². The first-order valence-electron chi connectivity index (χ1n) is 15.4. The summed E-state index contributed by atoms with van der Waals surface area (Å²) in [7, 11) is 1.87. The molecule has 1 saturated heterocycles. The van der Waals surface area contributed by atoms with E-state index in [1.54, 1.807) is 17.1 Å². The molecule has 1 atom stereocenters. The van der Waals surface area contributed by atoms with Gasteiger partial charge in [-0.1, -0.05) is 50.9 Å². The Hall–Kier alpha value is -4.75. The minimum absolute atomic E-state index is 0.00738. The molecule has 0 aliphatic carbocycles. The summed E-state index contributed by atoms with van der Waals surface area (Å²) in [5.74, 6) is 0.667. The van der Waals surface area contributed by atoms with Crippen molar-refractivity contribution >= 4 is 55.9 Å². The molecule has 4 aromatic heterocycles. The van der Waals surface area contributed by atoms with Crippen molar-refractivity contribution in [3.8, 4) is 11.3 Å². The maximum Gasteiger partial charge on any atom is 0.270 e. The molecular weight excluding hydrogens is 684 g/mol. The number of amides is 2. The van der Waals surface area contributed by atoms with Crippen molar-refractivity contribution in [2.45, 2.75) is 38.5 Å². The molecule has 8 rings (SSSR count). The lowest BCUT2D eigenvalue weighted by molar-refractivity contribution is -0.123. The van der Waals surface area contributed by atoms with E-state index in [-0.39, 0.29) is 11.8 Å². The molecule has 2 aliphatic heterocycles. The molecule has 2 amide bonds. The number of para-hydroxylation sites is 1. The Morgan fingerprint density at radius 2 is 1.89 bits per heavy atom. The van der Waals surface area contributed by atoms with E-state index >= 15 is 0 Å². The van der Waals surface area contributed by atoms with Crippen LogP contribution in [0.3, 0.4) is 0 Å². The van der Waals surface area contributed by atoms with Crippen molar-refractivity contribution in [3.63, 3.8) is 0 Å². The molecule has 14 heteroatoms. The summed E-state index contributed by atoms with van der Waals surface area (Å²) < 4.78 is 8.38. The highest BCUT2D eigenvalue weighted by atomic mass is 79.9. The van der Waals surface area contributed by atoms with Gasteiger partial charge >= 0.3 is 0 Å². The molecule has 238 valence electrons. The summed E-state index contributed by atoms with van der Waals surface area (Å²) in [5, 5.41) is 15.0. The molecule has 6 heterocycles. The number of imidazole rings is 1. The van der Waals surface area contributed by atoms with Crippen LogP contribution < -0.4 is 4.90 Å². The van der Waals surface area contributed by atoms with Gasteiger partial charge in [0, 0.05) is 46.8 Å². The lowest BCUT2D eigenvalue weighted by atomic mass is 10.0. The molecule has 0 radical (unpaired) electrons. The lowest BCUT2D eigenvalue weighted by Crippen LogP contribution is -2.42. The zero-order valence-electron chi connectivity index (χ0n) is 25.5. The second kappa shape index (κ2) is 11.8. The van der Waals surface area contributed by atoms with Crippen LogP contribution in [0.1, 0.15) is 40.9 Å². The number of carbonyl (C=O) groups excluding carboxylic acids is 2. The highest BCUT2D eigenvalue weighted by molar-refractivity contribution is 9.10. The molecule has 2 aromatic carbocycles. The summed E-state index contributed by atoms with van der Waals surface area (Å²) in [6.45, 7) is 2.48. The van der Waals surface area contributed by atoms with Gasteiger partial charge in [-0.05, 0) is 49.2 Å². The highest BCUT2D eigenvalue weighted by Gasteiger charge is 2.33. The van der Waals surface area contributed by atoms with Crippen LogP contribution in [0.2, 0.25) is 5.15 Å². The molecule has 0 spiro atoms. The Bertz CT molecular complexity index is 2150. The van der Waals surface area contributed by atoms with Crippen LogP contribution in [0.25, 0.3) is 22.2 Å². The first-order valence-corrected chi connectivity index (χ1v) is 16.6. The summed E-state index contributed by atoms with van der Waals surface area (Å²) >= 11 is 9.75. The van der Waals surface area contributed by atoms with Crippen LogP contribution in [0, 0.1) is 0 Å². The Morgan fingerprint density at radius 3 is 2.70 bits per heavy atom. The number of rotatable bonds is 6. The fourth-order valence-electron chi connectivity index (χ4n) is 6.60. The average molecular weight is 714 g/mol. The number of benzene rings is 2. The molecule has 0 bridgehead atoms. The molecule has 0 saturated carbocycles. The van der Waals surface area contributed by atoms with Crippen molar-refractivity contribution in [2.24, 2.45) is 7.05 Å². The number of halogens is 2. The number of hydrogen-bond acceptors (Lipinski definition) is 6. The van der Waals surface area contributed by atoms with Gasteiger partial charge < -0.3 is 18.9 Å². The Labute approximate surface area is 283 Å². The zero-order valence-corrected chi connectivity index (χ0v) is 27.8. The first-order chi connectivity index (χ1) is 22.9. The fraction of sp³-hybridized carbons (Fsp3) is 0.273. The summed E-state index contributed by atoms with van der Waals surface area (Å²) in [5.41, 5.74) is 4.69. The minimum Gasteiger partial charge on any atom is -0.330 e. The quantitative estimate of drug-likeness (QED) is 0.231. The number of nitrogens with zero attached hydrogens (tertiary/aromatic N) is 10. The number of anilines is 1. The van der Waals surface area contributed by atoms with Gasteiger partial charge in [0.1, 0.15) is 28.4 Å². The standard InChI is InChI=1S/C33H30BrClN10O2/c1-40-30(35)17-36-31(40)20-43-26-6-3-2-5-21(26)15-28(43)32(46)41-13-14-44-29(19-41)24(16-37-44)25-18-45(39-38-25)27-7-4-12-42(33(27)47)23-10-8-22(34)9-11-23/h2-3,5-6,8-11,15-18,27H,4,7,12-14,19-20H2,1H3. The van der Waals surface area contributed by atoms with Crippen molar-refractivity contribution in [1.29, 1.82) is 0 Å². The third-order valence-electron chi connectivity index (χ3n) is 9.17. The molecule has 47 heavy (non-hydrogen) atoms. The lowest BCUT2D eigenvalue weighted by Gasteiger charge is -2.32. The number of hydrogen-bond donors (Lipinski definition) is 0. The van der Waals surface area contributed by atoms with Crippen LogP contribution >= 0.6 is 27.5 Å². The summed E-state index contributed by atoms with van der Waals surface area (Å²) in [6.07, 6.45) is 6.75. The monoisotopic (exact) mass is 712 g/mol. The third kappa shape index (κ3) is 5.23. The van der Waals surface area contributed by atoms with Crippen LogP contribution in [-0.2, 0) is 31.5 Å². The van der Waals surface area contributed by atoms with Gasteiger partial charge in [0.2, 0.25) is 0 Å². The van der Waals surface area contributed by atoms with Gasteiger partial charge in [-0.3, -0.25) is 14.3 Å². The second-order valence-electron chi connectivity index (χ2n) is 11.9. The van der Waals surface area contributed by atoms with Gasteiger partial charge in [-0.15, -0.1) is 5.10 Å². The van der Waals surface area contributed by atoms with Gasteiger partial charge in [0.15, 0.2) is 0 Å². The molecule has 0 N–H and O–H groups in total. The van der Waals surface area contributed by atoms with Gasteiger partial charge in [-0.2, -0.15) is 5.10 Å². The van der Waals surface area contributed by atoms with Crippen LogP contribution in [0.4, 0.5) is 5.69 Å². The average Bonchev–Trinajstić information content (AvgIpc) is 3.88. The zero-order chi connectivity index (χ0) is 32.2. The van der Waals surface area contributed by atoms with Crippen LogP contribution in [0.15, 0.2) is 77.7 Å². The number of carbonyl (C=O) groups is 2. The normalized spacial score (nSPS) is 16.7. The summed E-state index contributed by atoms with van der Waals surface area (Å²) in [6, 6.07) is 17.2. The maximum atomic E-state index is 14.2. The number of fused-ring (bicyclic) bond motifs is 2. The van der Waals surface area contributed by atoms with E-state index in [1.165, 1.54) is 0 Å². The predicted molar refractivity (Wildman–Crippen MR) is 180 cm³/mol. The fourth-order valence-corrected chi connectivity index (χ4v) is 7.01. The Morgan fingerprint density at radius 1 is 1.06 bits per heavy atom. The van der Waals surface area contributed by atoms with Gasteiger partial charge in [0.05, 0.1) is 43.9 Å². The van der Waals surface area contributed by atoms with E-state index in [0.717, 1.165) is 44.6 Å². The minimum atomic E-state index is -0.450. The molecule has 12 nitrogen and oxygen atoms in total. The summed E-state index contributed by atoms with van der Waals surface area (Å²) in [4.78, 5) is 35.9.